The van der Waals surface area contributed by atoms with Crippen LogP contribution >= 0.6 is 11.6 Å². The molecule has 3 heterocycles. The molecular formula is C27H23ClN4O. The summed E-state index contributed by atoms with van der Waals surface area (Å²) in [6, 6.07) is 18.4. The molecule has 5 rings (SSSR count). The topological polar surface area (TPSA) is 63.7 Å². The van der Waals surface area contributed by atoms with E-state index >= 15 is 0 Å². The highest BCUT2D eigenvalue weighted by molar-refractivity contribution is 6.34. The summed E-state index contributed by atoms with van der Waals surface area (Å²) < 4.78 is 8.28. The van der Waals surface area contributed by atoms with E-state index in [2.05, 4.69) is 35.8 Å². The van der Waals surface area contributed by atoms with E-state index in [1.807, 2.05) is 44.2 Å². The van der Waals surface area contributed by atoms with Gasteiger partial charge in [-0.1, -0.05) is 48.9 Å². The summed E-state index contributed by atoms with van der Waals surface area (Å²) in [6.07, 6.45) is 0.781. The van der Waals surface area contributed by atoms with Crippen molar-refractivity contribution in [2.75, 3.05) is 0 Å². The minimum Gasteiger partial charge on any atom is -0.488 e. The van der Waals surface area contributed by atoms with Crippen LogP contribution in [0.15, 0.2) is 54.1 Å². The fourth-order valence-corrected chi connectivity index (χ4v) is 4.79. The highest BCUT2D eigenvalue weighted by Gasteiger charge is 2.22. The average molecular weight is 455 g/mol. The Labute approximate surface area is 197 Å². The highest BCUT2D eigenvalue weighted by Crippen LogP contribution is 2.39. The second kappa shape index (κ2) is 8.38. The summed E-state index contributed by atoms with van der Waals surface area (Å²) in [5.74, 6) is 1.74. The van der Waals surface area contributed by atoms with Crippen molar-refractivity contribution in [3.05, 3.63) is 92.9 Å². The van der Waals surface area contributed by atoms with Gasteiger partial charge in [0.05, 0.1) is 17.6 Å². The molecule has 1 aliphatic heterocycles. The Morgan fingerprint density at radius 3 is 2.76 bits per heavy atom. The van der Waals surface area contributed by atoms with Gasteiger partial charge < -0.3 is 9.30 Å². The molecule has 0 unspecified atom stereocenters. The van der Waals surface area contributed by atoms with Gasteiger partial charge in [0.2, 0.25) is 0 Å². The second-order valence-electron chi connectivity index (χ2n) is 8.27. The fraction of sp³-hybridized carbons (Fsp3) is 0.222. The number of aromatic nitrogens is 3. The molecule has 2 aromatic heterocycles. The molecule has 0 fully saturated rings. The number of ether oxygens (including phenoxy) is 1. The lowest BCUT2D eigenvalue weighted by atomic mass is 9.90. The monoisotopic (exact) mass is 454 g/mol. The zero-order chi connectivity index (χ0) is 23.1. The number of allylic oxidation sites excluding steroid dienone is 1. The standard InChI is InChI=1S/C27H23ClN4O/c1-4-24-31-26-22(28)11-17(3)30-27(26)32(24)14-18-9-10-20-19(12-18)15-33-23-8-6-5-7-21(23)25(20)16(2)13-29/h5-12H,4,14-15H2,1-3H3. The predicted molar refractivity (Wildman–Crippen MR) is 130 cm³/mol. The first-order chi connectivity index (χ1) is 16.0. The van der Waals surface area contributed by atoms with Crippen LogP contribution in [-0.4, -0.2) is 14.5 Å². The van der Waals surface area contributed by atoms with Crippen LogP contribution in [0.25, 0.3) is 16.7 Å². The van der Waals surface area contributed by atoms with Crippen LogP contribution in [0.1, 0.15) is 47.6 Å². The van der Waals surface area contributed by atoms with E-state index in [1.165, 1.54) is 0 Å². The number of para-hydroxylation sites is 1. The van der Waals surface area contributed by atoms with Gasteiger partial charge >= 0.3 is 0 Å². The van der Waals surface area contributed by atoms with E-state index in [4.69, 9.17) is 26.3 Å². The molecule has 0 aliphatic carbocycles. The normalized spacial score (nSPS) is 14.2. The third kappa shape index (κ3) is 3.67. The number of halogens is 1. The average Bonchev–Trinajstić information content (AvgIpc) is 3.07. The van der Waals surface area contributed by atoms with Crippen LogP contribution < -0.4 is 4.74 Å². The lowest BCUT2D eigenvalue weighted by molar-refractivity contribution is 0.307. The third-order valence-corrected chi connectivity index (χ3v) is 6.33. The maximum Gasteiger partial charge on any atom is 0.162 e. The summed E-state index contributed by atoms with van der Waals surface area (Å²) >= 11 is 6.46. The number of imidazole rings is 1. The van der Waals surface area contributed by atoms with Gasteiger partial charge in [-0.05, 0) is 48.7 Å². The highest BCUT2D eigenvalue weighted by atomic mass is 35.5. The van der Waals surface area contributed by atoms with Crippen molar-refractivity contribution in [2.24, 2.45) is 0 Å². The minimum absolute atomic E-state index is 0.441. The molecule has 0 amide bonds. The predicted octanol–water partition coefficient (Wildman–Crippen LogP) is 6.24. The van der Waals surface area contributed by atoms with Gasteiger partial charge in [0.1, 0.15) is 23.7 Å². The first-order valence-corrected chi connectivity index (χ1v) is 11.4. The number of hydrogen-bond donors (Lipinski definition) is 0. The van der Waals surface area contributed by atoms with Gasteiger partial charge in [-0.2, -0.15) is 5.26 Å². The lowest BCUT2D eigenvalue weighted by Crippen LogP contribution is -2.07. The summed E-state index contributed by atoms with van der Waals surface area (Å²) in [5, 5.41) is 10.3. The van der Waals surface area contributed by atoms with Crippen molar-refractivity contribution in [3.63, 3.8) is 0 Å². The van der Waals surface area contributed by atoms with E-state index in [0.29, 0.717) is 23.7 Å². The maximum absolute atomic E-state index is 9.68. The van der Waals surface area contributed by atoms with Crippen LogP contribution in [0.5, 0.6) is 5.75 Å². The van der Waals surface area contributed by atoms with Crippen molar-refractivity contribution < 1.29 is 4.74 Å². The van der Waals surface area contributed by atoms with E-state index in [0.717, 1.165) is 62.7 Å². The quantitative estimate of drug-likeness (QED) is 0.343. The third-order valence-electron chi connectivity index (χ3n) is 6.04. The molecule has 2 aromatic carbocycles. The molecular weight excluding hydrogens is 432 g/mol. The maximum atomic E-state index is 9.68. The number of nitrogens with zero attached hydrogens (tertiary/aromatic N) is 4. The zero-order valence-corrected chi connectivity index (χ0v) is 19.6. The van der Waals surface area contributed by atoms with Crippen molar-refractivity contribution in [2.45, 2.75) is 40.3 Å². The first kappa shape index (κ1) is 21.2. The van der Waals surface area contributed by atoms with E-state index in [9.17, 15) is 5.26 Å². The van der Waals surface area contributed by atoms with Crippen LogP contribution in [0.4, 0.5) is 0 Å². The van der Waals surface area contributed by atoms with E-state index in [1.54, 1.807) is 0 Å². The van der Waals surface area contributed by atoms with Gasteiger partial charge in [0.15, 0.2) is 5.65 Å². The smallest absolute Gasteiger partial charge is 0.162 e. The van der Waals surface area contributed by atoms with Crippen molar-refractivity contribution in [1.82, 2.24) is 14.5 Å². The van der Waals surface area contributed by atoms with Gasteiger partial charge in [0.25, 0.3) is 0 Å². The molecule has 0 atom stereocenters. The Morgan fingerprint density at radius 2 is 1.97 bits per heavy atom. The molecule has 0 N–H and O–H groups in total. The molecule has 0 saturated carbocycles. The number of hydrogen-bond acceptors (Lipinski definition) is 4. The Hall–Kier alpha value is -3.62. The number of aryl methyl sites for hydroxylation is 2. The summed E-state index contributed by atoms with van der Waals surface area (Å²) in [7, 11) is 0. The van der Waals surface area contributed by atoms with E-state index in [-0.39, 0.29) is 0 Å². The molecule has 6 heteroatoms. The molecule has 0 spiro atoms. The van der Waals surface area contributed by atoms with Gasteiger partial charge in [-0.3, -0.25) is 0 Å². The number of nitriles is 1. The molecule has 0 radical (unpaired) electrons. The molecule has 0 saturated heterocycles. The van der Waals surface area contributed by atoms with Crippen molar-refractivity contribution in [1.29, 1.82) is 5.26 Å². The second-order valence-corrected chi connectivity index (χ2v) is 8.68. The molecule has 33 heavy (non-hydrogen) atoms. The number of fused-ring (bicyclic) bond motifs is 3. The largest absolute Gasteiger partial charge is 0.488 e. The molecule has 5 nitrogen and oxygen atoms in total. The van der Waals surface area contributed by atoms with Gasteiger partial charge in [-0.25, -0.2) is 9.97 Å². The summed E-state index contributed by atoms with van der Waals surface area (Å²) in [4.78, 5) is 9.47. The van der Waals surface area contributed by atoms with Gasteiger partial charge in [-0.15, -0.1) is 0 Å². The van der Waals surface area contributed by atoms with E-state index < -0.39 is 0 Å². The minimum atomic E-state index is 0.441. The SMILES string of the molecule is CCc1nc2c(Cl)cc(C)nc2n1Cc1ccc2c(c1)COc1ccccc1C2=C(C)C#N. The Kier molecular flexibility index (Phi) is 5.39. The molecule has 4 aromatic rings. The summed E-state index contributed by atoms with van der Waals surface area (Å²) in [6.45, 7) is 6.96. The number of benzene rings is 2. The Bertz CT molecular complexity index is 1480. The Balaban J connectivity index is 1.62. The lowest BCUT2D eigenvalue weighted by Gasteiger charge is -2.14. The fourth-order valence-electron chi connectivity index (χ4n) is 4.50. The molecule has 0 bridgehead atoms. The zero-order valence-electron chi connectivity index (χ0n) is 18.8. The van der Waals surface area contributed by atoms with Crippen molar-refractivity contribution in [3.8, 4) is 11.8 Å². The van der Waals surface area contributed by atoms with Crippen LogP contribution in [-0.2, 0) is 19.6 Å². The van der Waals surface area contributed by atoms with Gasteiger partial charge in [0, 0.05) is 28.8 Å². The van der Waals surface area contributed by atoms with Crippen LogP contribution in [0.3, 0.4) is 0 Å². The number of pyridine rings is 1. The van der Waals surface area contributed by atoms with Crippen LogP contribution in [0, 0.1) is 18.3 Å². The summed E-state index contributed by atoms with van der Waals surface area (Å²) in [5.41, 5.74) is 8.16. The van der Waals surface area contributed by atoms with Crippen LogP contribution in [0.2, 0.25) is 5.02 Å². The molecule has 164 valence electrons. The molecule has 1 aliphatic rings. The Morgan fingerprint density at radius 1 is 1.15 bits per heavy atom. The van der Waals surface area contributed by atoms with Crippen molar-refractivity contribution >= 4 is 28.3 Å². The first-order valence-electron chi connectivity index (χ1n) is 11.0. The number of rotatable bonds is 3.